The fraction of sp³-hybridized carbons (Fsp3) is 0.333. The predicted octanol–water partition coefficient (Wildman–Crippen LogP) is 5.55. The topological polar surface area (TPSA) is 141 Å². The Morgan fingerprint density at radius 3 is 2.59 bits per heavy atom. The van der Waals surface area contributed by atoms with Gasteiger partial charge in [-0.3, -0.25) is 10.2 Å². The molecule has 3 N–H and O–H groups in total. The largest absolute Gasteiger partial charge is 0.494 e. The van der Waals surface area contributed by atoms with Gasteiger partial charge in [-0.25, -0.2) is 10.4 Å². The number of rotatable bonds is 14. The van der Waals surface area contributed by atoms with Crippen LogP contribution in [0.3, 0.4) is 0 Å². The first-order chi connectivity index (χ1) is 20.0. The Kier molecular flexibility index (Phi) is 10.8. The molecule has 1 aliphatic heterocycles. The summed E-state index contributed by atoms with van der Waals surface area (Å²) in [6, 6.07) is 22.5. The fourth-order valence-electron chi connectivity index (χ4n) is 4.61. The van der Waals surface area contributed by atoms with Crippen LogP contribution in [0.1, 0.15) is 48.1 Å². The van der Waals surface area contributed by atoms with E-state index in [1.165, 1.54) is 0 Å². The lowest BCUT2D eigenvalue weighted by Gasteiger charge is -2.32. The summed E-state index contributed by atoms with van der Waals surface area (Å²) in [7, 11) is 0. The number of carbonyl (C=O) groups is 1. The first-order valence-electron chi connectivity index (χ1n) is 13.5. The van der Waals surface area contributed by atoms with Gasteiger partial charge in [-0.15, -0.1) is 0 Å². The molecule has 0 aliphatic carbocycles. The Morgan fingerprint density at radius 1 is 1.15 bits per heavy atom. The normalized spacial score (nSPS) is 17.7. The maximum Gasteiger partial charge on any atom is 0.266 e. The summed E-state index contributed by atoms with van der Waals surface area (Å²) in [5.74, 6) is 0.621. The number of aliphatic imine (C=N–C) groups is 1. The van der Waals surface area contributed by atoms with Gasteiger partial charge in [-0.1, -0.05) is 70.4 Å². The zero-order chi connectivity index (χ0) is 29.1. The summed E-state index contributed by atoms with van der Waals surface area (Å²) in [6.45, 7) is 3.15. The highest BCUT2D eigenvalue weighted by Crippen LogP contribution is 2.44. The molecule has 1 amide bonds. The highest BCUT2D eigenvalue weighted by molar-refractivity contribution is 9.10. The van der Waals surface area contributed by atoms with Gasteiger partial charge in [0.2, 0.25) is 5.90 Å². The van der Waals surface area contributed by atoms with Crippen LogP contribution in [-0.2, 0) is 22.5 Å². The number of hydrazine groups is 1. The lowest BCUT2D eigenvalue weighted by molar-refractivity contribution is -0.130. The zero-order valence-electron chi connectivity index (χ0n) is 22.8. The molecule has 11 heteroatoms. The molecule has 0 bridgehead atoms. The first-order valence-corrected chi connectivity index (χ1v) is 14.3. The molecule has 0 spiro atoms. The van der Waals surface area contributed by atoms with Gasteiger partial charge in [-0.05, 0) is 59.0 Å². The number of benzene rings is 3. The van der Waals surface area contributed by atoms with E-state index < -0.39 is 11.6 Å². The van der Waals surface area contributed by atoms with Crippen LogP contribution in [0.2, 0.25) is 0 Å². The molecule has 3 aromatic carbocycles. The number of aliphatic hydroxyl groups is 1. The van der Waals surface area contributed by atoms with Crippen molar-refractivity contribution in [3.63, 3.8) is 0 Å². The second-order valence-electron chi connectivity index (χ2n) is 9.53. The molecular formula is C30H33BrN6O4. The predicted molar refractivity (Wildman–Crippen MR) is 160 cm³/mol. The molecule has 41 heavy (non-hydrogen) atoms. The Balaban J connectivity index is 1.83. The lowest BCUT2D eigenvalue weighted by Crippen LogP contribution is -2.54. The van der Waals surface area contributed by atoms with Gasteiger partial charge in [0.15, 0.2) is 11.6 Å². The zero-order valence-corrected chi connectivity index (χ0v) is 24.4. The summed E-state index contributed by atoms with van der Waals surface area (Å²) in [5.41, 5.74) is 16.5. The van der Waals surface area contributed by atoms with Crippen molar-refractivity contribution in [3.05, 3.63) is 110 Å². The van der Waals surface area contributed by atoms with Crippen molar-refractivity contribution in [1.29, 1.82) is 0 Å². The number of nitrogens with one attached hydrogen (secondary N) is 2. The molecule has 2 atom stereocenters. The van der Waals surface area contributed by atoms with Gasteiger partial charge in [0.1, 0.15) is 5.75 Å². The van der Waals surface area contributed by atoms with Crippen LogP contribution in [0.15, 0.2) is 87.4 Å². The van der Waals surface area contributed by atoms with Crippen LogP contribution in [0.5, 0.6) is 5.75 Å². The Labute approximate surface area is 247 Å². The summed E-state index contributed by atoms with van der Waals surface area (Å²) < 4.78 is 13.1. The van der Waals surface area contributed by atoms with Gasteiger partial charge in [0.25, 0.3) is 5.91 Å². The molecule has 10 nitrogen and oxygen atoms in total. The average Bonchev–Trinajstić information content (AvgIpc) is 3.38. The molecule has 1 aliphatic rings. The first kappa shape index (κ1) is 30.1. The van der Waals surface area contributed by atoms with Gasteiger partial charge in [0.05, 0.1) is 13.2 Å². The average molecular weight is 622 g/mol. The number of hydrogen-bond acceptors (Lipinski definition) is 7. The highest BCUT2D eigenvalue weighted by Gasteiger charge is 2.54. The Hall–Kier alpha value is -3.89. The number of azide groups is 1. The summed E-state index contributed by atoms with van der Waals surface area (Å²) >= 11 is 3.64. The van der Waals surface area contributed by atoms with Gasteiger partial charge in [-0.2, -0.15) is 0 Å². The second kappa shape index (κ2) is 14.7. The van der Waals surface area contributed by atoms with Crippen LogP contribution in [0.4, 0.5) is 0 Å². The van der Waals surface area contributed by atoms with Crippen molar-refractivity contribution in [1.82, 2.24) is 10.9 Å². The molecule has 3 aromatic rings. The summed E-state index contributed by atoms with van der Waals surface area (Å²) in [6.07, 6.45) is 0.778. The van der Waals surface area contributed by atoms with Gasteiger partial charge < -0.3 is 14.6 Å². The number of amides is 1. The van der Waals surface area contributed by atoms with Crippen LogP contribution in [-0.4, -0.2) is 42.2 Å². The van der Waals surface area contributed by atoms with Crippen molar-refractivity contribution in [3.8, 4) is 5.75 Å². The van der Waals surface area contributed by atoms with E-state index in [0.717, 1.165) is 22.0 Å². The minimum atomic E-state index is -1.40. The van der Waals surface area contributed by atoms with E-state index in [9.17, 15) is 4.79 Å². The molecule has 0 saturated heterocycles. The SMILES string of the molecule is CCCNNC(=O)[C@@]1(Cc2ccccc2Br)N=C(c2ccc(OCCCO)cc2)O[C@H]1c1ccccc1CN=[N+]=[N-]. The fourth-order valence-corrected chi connectivity index (χ4v) is 5.03. The third kappa shape index (κ3) is 7.25. The maximum atomic E-state index is 14.1. The molecule has 214 valence electrons. The number of halogens is 1. The molecule has 0 aromatic heterocycles. The number of carbonyl (C=O) groups excluding carboxylic acids is 1. The minimum Gasteiger partial charge on any atom is -0.494 e. The number of nitrogens with zero attached hydrogens (tertiary/aromatic N) is 4. The Bertz CT molecular complexity index is 1410. The maximum absolute atomic E-state index is 14.1. The van der Waals surface area contributed by atoms with Crippen LogP contribution >= 0.6 is 15.9 Å². The van der Waals surface area contributed by atoms with E-state index in [0.29, 0.717) is 42.3 Å². The highest BCUT2D eigenvalue weighted by atomic mass is 79.9. The molecule has 0 saturated carbocycles. The van der Waals surface area contributed by atoms with Gasteiger partial charge in [0, 0.05) is 40.9 Å². The quantitative estimate of drug-likeness (QED) is 0.0712. The summed E-state index contributed by atoms with van der Waals surface area (Å²) in [4.78, 5) is 22.1. The van der Waals surface area contributed by atoms with E-state index in [1.54, 1.807) is 12.1 Å². The molecule has 4 rings (SSSR count). The van der Waals surface area contributed by atoms with E-state index in [4.69, 9.17) is 25.1 Å². The van der Waals surface area contributed by atoms with E-state index >= 15 is 0 Å². The number of hydrogen-bond donors (Lipinski definition) is 3. The smallest absolute Gasteiger partial charge is 0.266 e. The van der Waals surface area contributed by atoms with E-state index in [2.05, 4.69) is 36.8 Å². The van der Waals surface area contributed by atoms with Crippen LogP contribution < -0.4 is 15.6 Å². The second-order valence-corrected chi connectivity index (χ2v) is 10.4. The minimum absolute atomic E-state index is 0.0556. The van der Waals surface area contributed by atoms with Crippen molar-refractivity contribution in [2.24, 2.45) is 10.1 Å². The van der Waals surface area contributed by atoms with E-state index in [-0.39, 0.29) is 25.5 Å². The molecule has 0 fully saturated rings. The summed E-state index contributed by atoms with van der Waals surface area (Å²) in [5, 5.41) is 12.8. The third-order valence-corrected chi connectivity index (χ3v) is 7.44. The number of aliphatic hydroxyl groups excluding tert-OH is 1. The molecule has 1 heterocycles. The standard InChI is InChI=1S/C30H33BrN6O4/c1-2-16-33-36-29(39)30(19-22-8-4-6-11-26(22)31)27(25-10-5-3-9-23(25)20-34-37-32)41-28(35-30)21-12-14-24(15-13-21)40-18-7-17-38/h3-6,8-15,27,33,38H,2,7,16-20H2,1H3,(H,36,39)/t27-,30-/m0/s1. The van der Waals surface area contributed by atoms with E-state index in [1.807, 2.05) is 67.6 Å². The number of ether oxygens (including phenoxy) is 2. The molecule has 0 radical (unpaired) electrons. The lowest BCUT2D eigenvalue weighted by atomic mass is 9.80. The molecule has 0 unspecified atom stereocenters. The van der Waals surface area contributed by atoms with Crippen molar-refractivity contribution >= 4 is 27.7 Å². The van der Waals surface area contributed by atoms with Crippen LogP contribution in [0.25, 0.3) is 10.4 Å². The monoisotopic (exact) mass is 620 g/mol. The third-order valence-electron chi connectivity index (χ3n) is 6.67. The van der Waals surface area contributed by atoms with Crippen LogP contribution in [0, 0.1) is 0 Å². The van der Waals surface area contributed by atoms with Crippen molar-refractivity contribution in [2.75, 3.05) is 19.8 Å². The molecular weight excluding hydrogens is 588 g/mol. The van der Waals surface area contributed by atoms with Crippen molar-refractivity contribution < 1.29 is 19.4 Å². The van der Waals surface area contributed by atoms with Gasteiger partial charge >= 0.3 is 0 Å². The Morgan fingerprint density at radius 2 is 1.88 bits per heavy atom. The van der Waals surface area contributed by atoms with Crippen molar-refractivity contribution in [2.45, 2.75) is 44.4 Å².